The van der Waals surface area contributed by atoms with E-state index < -0.39 is 0 Å². The molecule has 32 heavy (non-hydrogen) atoms. The minimum absolute atomic E-state index is 0.995. The molecular formula is C28H26N4. The molecule has 0 unspecified atom stereocenters. The van der Waals surface area contributed by atoms with Gasteiger partial charge in [-0.1, -0.05) is 60.7 Å². The first-order valence-electron chi connectivity index (χ1n) is 10.5. The molecule has 0 fully saturated rings. The van der Waals surface area contributed by atoms with Crippen LogP contribution in [0.2, 0.25) is 0 Å². The monoisotopic (exact) mass is 418 g/mol. The highest BCUT2D eigenvalue weighted by Crippen LogP contribution is 2.33. The van der Waals surface area contributed by atoms with Gasteiger partial charge in [0.25, 0.3) is 0 Å². The van der Waals surface area contributed by atoms with Gasteiger partial charge in [0.15, 0.2) is 0 Å². The van der Waals surface area contributed by atoms with Crippen LogP contribution in [0.5, 0.6) is 0 Å². The fourth-order valence-corrected chi connectivity index (χ4v) is 3.37. The molecule has 0 amide bonds. The molecule has 0 radical (unpaired) electrons. The molecule has 0 aliphatic rings. The number of anilines is 4. The van der Waals surface area contributed by atoms with Crippen LogP contribution in [0, 0.1) is 0 Å². The van der Waals surface area contributed by atoms with E-state index in [0.29, 0.717) is 0 Å². The molecule has 4 aromatic rings. The Balaban J connectivity index is 1.49. The zero-order valence-electron chi connectivity index (χ0n) is 18.3. The van der Waals surface area contributed by atoms with Gasteiger partial charge >= 0.3 is 0 Å². The van der Waals surface area contributed by atoms with Crippen LogP contribution < -0.4 is 9.80 Å². The normalized spacial score (nSPS) is 11.2. The lowest BCUT2D eigenvalue weighted by atomic mass is 10.1. The number of rotatable bonds is 7. The summed E-state index contributed by atoms with van der Waals surface area (Å²) < 4.78 is 0. The van der Waals surface area contributed by atoms with Crippen molar-refractivity contribution in [1.82, 2.24) is 0 Å². The van der Waals surface area contributed by atoms with E-state index in [0.717, 1.165) is 33.9 Å². The molecule has 4 rings (SSSR count). The lowest BCUT2D eigenvalue weighted by Gasteiger charge is -2.25. The summed E-state index contributed by atoms with van der Waals surface area (Å²) in [6.07, 6.45) is 3.53. The van der Waals surface area contributed by atoms with Crippen molar-refractivity contribution in [2.75, 3.05) is 23.9 Å². The van der Waals surface area contributed by atoms with Gasteiger partial charge in [-0.05, 0) is 59.7 Å². The summed E-state index contributed by atoms with van der Waals surface area (Å²) in [7, 11) is 4.05. The Kier molecular flexibility index (Phi) is 6.73. The van der Waals surface area contributed by atoms with Crippen LogP contribution in [-0.4, -0.2) is 26.5 Å². The minimum Gasteiger partial charge on any atom is -0.378 e. The average Bonchev–Trinajstić information content (AvgIpc) is 2.84. The van der Waals surface area contributed by atoms with Crippen LogP contribution in [0.4, 0.5) is 22.7 Å². The van der Waals surface area contributed by atoms with E-state index in [1.807, 2.05) is 38.4 Å². The van der Waals surface area contributed by atoms with Crippen molar-refractivity contribution in [2.24, 2.45) is 10.2 Å². The topological polar surface area (TPSA) is 31.2 Å². The fraction of sp³-hybridized carbons (Fsp3) is 0.0714. The van der Waals surface area contributed by atoms with Crippen molar-refractivity contribution in [1.29, 1.82) is 0 Å². The number of hydrogen-bond donors (Lipinski definition) is 0. The smallest absolute Gasteiger partial charge is 0.0568 e. The van der Waals surface area contributed by atoms with Crippen molar-refractivity contribution in [3.05, 3.63) is 120 Å². The minimum atomic E-state index is 0.995. The Morgan fingerprint density at radius 1 is 0.469 bits per heavy atom. The van der Waals surface area contributed by atoms with E-state index in [4.69, 9.17) is 0 Å². The molecule has 4 aromatic carbocycles. The van der Waals surface area contributed by atoms with Crippen LogP contribution in [-0.2, 0) is 0 Å². The Morgan fingerprint density at radius 3 is 1.25 bits per heavy atom. The van der Waals surface area contributed by atoms with Gasteiger partial charge in [-0.15, -0.1) is 0 Å². The van der Waals surface area contributed by atoms with Crippen molar-refractivity contribution in [2.45, 2.75) is 0 Å². The molecule has 0 spiro atoms. The summed E-state index contributed by atoms with van der Waals surface area (Å²) in [6, 6.07) is 37.2. The molecule has 0 saturated carbocycles. The predicted molar refractivity (Wildman–Crippen MR) is 137 cm³/mol. The second kappa shape index (κ2) is 10.2. The van der Waals surface area contributed by atoms with Gasteiger partial charge in [-0.2, -0.15) is 10.2 Å². The lowest BCUT2D eigenvalue weighted by Crippen LogP contribution is -2.09. The Labute approximate surface area is 189 Å². The average molecular weight is 419 g/mol. The van der Waals surface area contributed by atoms with Gasteiger partial charge in [-0.25, -0.2) is 0 Å². The SMILES string of the molecule is CN(C)c1ccc(/C=N/N=C/c2ccc(N(c3ccccc3)c3ccccc3)cc2)cc1. The van der Waals surface area contributed by atoms with Gasteiger partial charge in [-0.3, -0.25) is 0 Å². The first kappa shape index (κ1) is 21.1. The largest absolute Gasteiger partial charge is 0.378 e. The summed E-state index contributed by atoms with van der Waals surface area (Å²) in [5.74, 6) is 0. The number of nitrogens with zero attached hydrogens (tertiary/aromatic N) is 4. The molecule has 0 atom stereocenters. The number of para-hydroxylation sites is 2. The molecule has 0 aliphatic carbocycles. The number of hydrogen-bond acceptors (Lipinski definition) is 4. The molecule has 0 saturated heterocycles. The molecule has 0 aromatic heterocycles. The van der Waals surface area contributed by atoms with Gasteiger partial charge in [0, 0.05) is 36.8 Å². The molecule has 4 nitrogen and oxygen atoms in total. The van der Waals surface area contributed by atoms with Crippen molar-refractivity contribution in [3.63, 3.8) is 0 Å². The second-order valence-corrected chi connectivity index (χ2v) is 7.57. The Hall–Kier alpha value is -4.18. The number of benzene rings is 4. The van der Waals surface area contributed by atoms with Gasteiger partial charge in [0.05, 0.1) is 12.4 Å². The van der Waals surface area contributed by atoms with E-state index in [1.165, 1.54) is 0 Å². The zero-order chi connectivity index (χ0) is 22.2. The van der Waals surface area contributed by atoms with Crippen molar-refractivity contribution >= 4 is 35.2 Å². The fourth-order valence-electron chi connectivity index (χ4n) is 3.37. The summed E-state index contributed by atoms with van der Waals surface area (Å²) in [5.41, 5.74) is 6.49. The van der Waals surface area contributed by atoms with E-state index >= 15 is 0 Å². The lowest BCUT2D eigenvalue weighted by molar-refractivity contribution is 1.13. The quantitative estimate of drug-likeness (QED) is 0.248. The molecule has 4 heteroatoms. The highest BCUT2D eigenvalue weighted by molar-refractivity contribution is 5.84. The highest BCUT2D eigenvalue weighted by Gasteiger charge is 2.11. The van der Waals surface area contributed by atoms with E-state index in [-0.39, 0.29) is 0 Å². The summed E-state index contributed by atoms with van der Waals surface area (Å²) in [4.78, 5) is 4.30. The highest BCUT2D eigenvalue weighted by atomic mass is 15.2. The van der Waals surface area contributed by atoms with E-state index in [9.17, 15) is 0 Å². The third-order valence-electron chi connectivity index (χ3n) is 5.07. The maximum Gasteiger partial charge on any atom is 0.0568 e. The van der Waals surface area contributed by atoms with Gasteiger partial charge < -0.3 is 9.80 Å². The first-order chi connectivity index (χ1) is 15.7. The van der Waals surface area contributed by atoms with Crippen molar-refractivity contribution < 1.29 is 0 Å². The molecule has 0 N–H and O–H groups in total. The summed E-state index contributed by atoms with van der Waals surface area (Å²) in [6.45, 7) is 0. The standard InChI is InChI=1S/C28H26N4/c1-31(2)25-17-13-23(14-18-25)21-29-30-22-24-15-19-28(20-16-24)32(26-9-5-3-6-10-26)27-11-7-4-8-12-27/h3-22H,1-2H3/b29-21+,30-22+. The third kappa shape index (κ3) is 5.29. The zero-order valence-corrected chi connectivity index (χ0v) is 18.3. The third-order valence-corrected chi connectivity index (χ3v) is 5.07. The summed E-state index contributed by atoms with van der Waals surface area (Å²) in [5, 5.41) is 8.39. The van der Waals surface area contributed by atoms with Crippen LogP contribution in [0.25, 0.3) is 0 Å². The van der Waals surface area contributed by atoms with Crippen LogP contribution in [0.3, 0.4) is 0 Å². The van der Waals surface area contributed by atoms with E-state index in [2.05, 4.69) is 105 Å². The van der Waals surface area contributed by atoms with Crippen LogP contribution >= 0.6 is 0 Å². The molecule has 0 bridgehead atoms. The maximum absolute atomic E-state index is 4.21. The van der Waals surface area contributed by atoms with Crippen LogP contribution in [0.15, 0.2) is 119 Å². The van der Waals surface area contributed by atoms with Gasteiger partial charge in [0.1, 0.15) is 0 Å². The predicted octanol–water partition coefficient (Wildman–Crippen LogP) is 6.68. The Morgan fingerprint density at radius 2 is 0.844 bits per heavy atom. The van der Waals surface area contributed by atoms with Crippen molar-refractivity contribution in [3.8, 4) is 0 Å². The summed E-state index contributed by atoms with van der Waals surface area (Å²) >= 11 is 0. The maximum atomic E-state index is 4.21. The Bertz CT molecular complexity index is 1120. The molecular weight excluding hydrogens is 392 g/mol. The van der Waals surface area contributed by atoms with E-state index in [1.54, 1.807) is 12.4 Å². The van der Waals surface area contributed by atoms with Crippen LogP contribution in [0.1, 0.15) is 11.1 Å². The second-order valence-electron chi connectivity index (χ2n) is 7.57. The van der Waals surface area contributed by atoms with Gasteiger partial charge in [0.2, 0.25) is 0 Å². The molecule has 0 heterocycles. The molecule has 158 valence electrons. The molecule has 0 aliphatic heterocycles. The first-order valence-corrected chi connectivity index (χ1v) is 10.5.